The molecule has 1 N–H and O–H groups in total. The van der Waals surface area contributed by atoms with Crippen LogP contribution in [0.4, 0.5) is 14.9 Å². The molecule has 1 aliphatic heterocycles. The molecule has 0 radical (unpaired) electrons. The summed E-state index contributed by atoms with van der Waals surface area (Å²) in [6.07, 6.45) is 1.17. The second-order valence-electron chi connectivity index (χ2n) is 12.6. The minimum absolute atomic E-state index is 0.00550. The molecule has 1 atom stereocenters. The summed E-state index contributed by atoms with van der Waals surface area (Å²) >= 11 is 0. The number of carbonyl (C=O) groups excluding carboxylic acids is 2. The van der Waals surface area contributed by atoms with Crippen LogP contribution in [0.3, 0.4) is 0 Å². The summed E-state index contributed by atoms with van der Waals surface area (Å²) < 4.78 is 34.6. The molecule has 0 bridgehead atoms. The van der Waals surface area contributed by atoms with E-state index in [4.69, 9.17) is 13.9 Å². The van der Waals surface area contributed by atoms with Gasteiger partial charge in [0.2, 0.25) is 5.43 Å². The lowest BCUT2D eigenvalue weighted by Crippen LogP contribution is -2.40. The number of anilines is 1. The summed E-state index contributed by atoms with van der Waals surface area (Å²) in [5.41, 5.74) is -1.93. The van der Waals surface area contributed by atoms with Crippen molar-refractivity contribution in [2.24, 2.45) is 0 Å². The van der Waals surface area contributed by atoms with Crippen LogP contribution in [-0.2, 0) is 9.47 Å². The van der Waals surface area contributed by atoms with Crippen LogP contribution in [0.15, 0.2) is 67.5 Å². The second-order valence-corrected chi connectivity index (χ2v) is 12.6. The number of ether oxygens (including phenoxy) is 2. The fourth-order valence-electron chi connectivity index (χ4n) is 6.40. The second kappa shape index (κ2) is 10.8. The van der Waals surface area contributed by atoms with Gasteiger partial charge in [0.15, 0.2) is 27.8 Å². The molecule has 6 aromatic rings. The van der Waals surface area contributed by atoms with Crippen molar-refractivity contribution in [2.75, 3.05) is 24.6 Å². The molecule has 240 valence electrons. The molecule has 1 fully saturated rings. The minimum atomic E-state index is -0.893. The quantitative estimate of drug-likeness (QED) is 0.159. The molecule has 0 aliphatic carbocycles. The normalized spacial score (nSPS) is 15.3. The highest BCUT2D eigenvalue weighted by atomic mass is 19.1. The number of amides is 1. The van der Waals surface area contributed by atoms with Gasteiger partial charge in [0.25, 0.3) is 0 Å². The number of nitrogens with zero attached hydrogens (tertiary/aromatic N) is 2. The van der Waals surface area contributed by atoms with Gasteiger partial charge in [-0.15, -0.1) is 0 Å². The fraction of sp³-hybridized carbons (Fsp3) is 0.286. The Bertz CT molecular complexity index is 2480. The zero-order valence-corrected chi connectivity index (χ0v) is 26.1. The SMILES string of the molecule is CCOC(=O)c1cn2c3cc4c(=O)c5ccccc5c(=O)c4cc3oc3c(N4CCC(NC(=O)OC(C)(C)C)C4)c(F)cc(c1=O)c32. The summed E-state index contributed by atoms with van der Waals surface area (Å²) in [6.45, 7) is 7.42. The first kappa shape index (κ1) is 30.2. The monoisotopic (exact) mass is 639 g/mol. The molecule has 7 rings (SSSR count). The largest absolute Gasteiger partial charge is 0.462 e. The lowest BCUT2D eigenvalue weighted by atomic mass is 10.0. The molecule has 47 heavy (non-hydrogen) atoms. The number of halogens is 1. The van der Waals surface area contributed by atoms with Crippen molar-refractivity contribution in [1.82, 2.24) is 9.72 Å². The molecule has 3 heterocycles. The standard InChI is InChI=1S/C35H30FN3O8/c1-5-45-33(43)23-16-39-25-13-20-21(30(41)19-9-7-6-8-18(19)29(20)40)14-26(25)46-32-27(39)22(31(23)42)12-24(36)28(32)38-11-10-17(15-38)37-34(44)47-35(2,3)4/h6-9,12-14,16-17H,5,10-11,15H2,1-4H3,(H,37,44). The van der Waals surface area contributed by atoms with Gasteiger partial charge in [0.05, 0.1) is 23.6 Å². The fourth-order valence-corrected chi connectivity index (χ4v) is 6.40. The molecular formula is C35H30FN3O8. The lowest BCUT2D eigenvalue weighted by molar-refractivity contribution is 0.0503. The van der Waals surface area contributed by atoms with Gasteiger partial charge in [-0.25, -0.2) is 14.0 Å². The van der Waals surface area contributed by atoms with E-state index in [1.807, 2.05) is 0 Å². The first-order valence-corrected chi connectivity index (χ1v) is 15.2. The Morgan fingerprint density at radius 3 is 2.32 bits per heavy atom. The zero-order chi connectivity index (χ0) is 33.4. The Labute approximate surface area is 265 Å². The van der Waals surface area contributed by atoms with Crippen molar-refractivity contribution in [3.63, 3.8) is 0 Å². The highest BCUT2D eigenvalue weighted by Crippen LogP contribution is 2.38. The first-order valence-electron chi connectivity index (χ1n) is 15.2. The molecule has 0 saturated carbocycles. The Hall–Kier alpha value is -5.52. The number of aromatic nitrogens is 1. The van der Waals surface area contributed by atoms with Gasteiger partial charge in [-0.05, 0) is 52.3 Å². The molecule has 1 aliphatic rings. The first-order chi connectivity index (χ1) is 22.4. The molecule has 11 nitrogen and oxygen atoms in total. The van der Waals surface area contributed by atoms with E-state index >= 15 is 4.39 Å². The van der Waals surface area contributed by atoms with Crippen LogP contribution in [0.2, 0.25) is 0 Å². The molecule has 2 aromatic heterocycles. The highest BCUT2D eigenvalue weighted by Gasteiger charge is 2.32. The maximum atomic E-state index is 16.2. The van der Waals surface area contributed by atoms with Crippen molar-refractivity contribution in [3.05, 3.63) is 90.7 Å². The van der Waals surface area contributed by atoms with Crippen molar-refractivity contribution in [3.8, 4) is 0 Å². The summed E-state index contributed by atoms with van der Waals surface area (Å²) in [5, 5.41) is 3.43. The topological polar surface area (TPSA) is 137 Å². The Balaban J connectivity index is 1.50. The van der Waals surface area contributed by atoms with Gasteiger partial charge < -0.3 is 28.5 Å². The predicted octanol–water partition coefficient (Wildman–Crippen LogP) is 5.08. The van der Waals surface area contributed by atoms with E-state index in [0.717, 1.165) is 6.07 Å². The third-order valence-corrected chi connectivity index (χ3v) is 8.37. The predicted molar refractivity (Wildman–Crippen MR) is 176 cm³/mol. The van der Waals surface area contributed by atoms with Crippen LogP contribution in [0.5, 0.6) is 0 Å². The minimum Gasteiger partial charge on any atom is -0.462 e. The van der Waals surface area contributed by atoms with Crippen molar-refractivity contribution < 1.29 is 27.9 Å². The van der Waals surface area contributed by atoms with Crippen LogP contribution < -0.4 is 26.5 Å². The van der Waals surface area contributed by atoms with Gasteiger partial charge in [0, 0.05) is 40.8 Å². The number of alkyl carbamates (subject to hydrolysis) is 1. The van der Waals surface area contributed by atoms with Gasteiger partial charge in [-0.3, -0.25) is 14.4 Å². The maximum Gasteiger partial charge on any atom is 0.407 e. The zero-order valence-electron chi connectivity index (χ0n) is 26.1. The van der Waals surface area contributed by atoms with E-state index in [0.29, 0.717) is 13.0 Å². The third-order valence-electron chi connectivity index (χ3n) is 8.37. The average Bonchev–Trinajstić information content (AvgIpc) is 3.46. The van der Waals surface area contributed by atoms with Gasteiger partial charge in [-0.1, -0.05) is 24.3 Å². The van der Waals surface area contributed by atoms with E-state index in [9.17, 15) is 24.0 Å². The van der Waals surface area contributed by atoms with Crippen molar-refractivity contribution in [1.29, 1.82) is 0 Å². The number of fused-ring (bicyclic) bond motifs is 4. The lowest BCUT2D eigenvalue weighted by Gasteiger charge is -2.24. The average molecular weight is 640 g/mol. The number of esters is 1. The molecular weight excluding hydrogens is 609 g/mol. The third kappa shape index (κ3) is 4.91. The van der Waals surface area contributed by atoms with Crippen LogP contribution in [0.1, 0.15) is 44.5 Å². The number of nitrogens with one attached hydrogen (secondary N) is 1. The molecule has 1 saturated heterocycles. The summed E-state index contributed by atoms with van der Waals surface area (Å²) in [4.78, 5) is 67.8. The summed E-state index contributed by atoms with van der Waals surface area (Å²) in [6, 6.07) is 10.1. The number of hydrogen-bond donors (Lipinski definition) is 1. The van der Waals surface area contributed by atoms with Crippen LogP contribution in [0.25, 0.3) is 49.1 Å². The van der Waals surface area contributed by atoms with Crippen molar-refractivity contribution in [2.45, 2.75) is 45.8 Å². The molecule has 0 spiro atoms. The smallest absolute Gasteiger partial charge is 0.407 e. The molecule has 1 amide bonds. The molecule has 12 heteroatoms. The number of hydrogen-bond acceptors (Lipinski definition) is 9. The Morgan fingerprint density at radius 2 is 1.66 bits per heavy atom. The van der Waals surface area contributed by atoms with Crippen LogP contribution >= 0.6 is 0 Å². The van der Waals surface area contributed by atoms with E-state index in [2.05, 4.69) is 5.32 Å². The van der Waals surface area contributed by atoms with Crippen molar-refractivity contribution >= 4 is 66.9 Å². The van der Waals surface area contributed by atoms with Gasteiger partial charge >= 0.3 is 12.1 Å². The molecule has 4 aromatic carbocycles. The number of rotatable bonds is 4. The highest BCUT2D eigenvalue weighted by molar-refractivity contribution is 6.08. The number of benzene rings is 4. The van der Waals surface area contributed by atoms with Crippen LogP contribution in [0, 0.1) is 5.82 Å². The van der Waals surface area contributed by atoms with Gasteiger partial charge in [0.1, 0.15) is 22.4 Å². The van der Waals surface area contributed by atoms with Crippen LogP contribution in [-0.4, -0.2) is 47.8 Å². The number of pyridine rings is 1. The Kier molecular flexibility index (Phi) is 6.92. The van der Waals surface area contributed by atoms with E-state index < -0.39 is 28.9 Å². The summed E-state index contributed by atoms with van der Waals surface area (Å²) in [7, 11) is 0. The van der Waals surface area contributed by atoms with E-state index in [1.54, 1.807) is 56.9 Å². The number of carbonyl (C=O) groups is 2. The maximum absolute atomic E-state index is 16.2. The van der Waals surface area contributed by atoms with E-state index in [-0.39, 0.29) is 90.4 Å². The van der Waals surface area contributed by atoms with Gasteiger partial charge in [-0.2, -0.15) is 0 Å². The summed E-state index contributed by atoms with van der Waals surface area (Å²) in [5.74, 6) is -1.67. The Morgan fingerprint density at radius 1 is 0.979 bits per heavy atom. The molecule has 1 unspecified atom stereocenters. The van der Waals surface area contributed by atoms with E-state index in [1.165, 1.54) is 22.7 Å².